The van der Waals surface area contributed by atoms with Gasteiger partial charge in [-0.15, -0.1) is 0 Å². The molecule has 3 nitrogen and oxygen atoms in total. The molecule has 2 aromatic carbocycles. The summed E-state index contributed by atoms with van der Waals surface area (Å²) >= 11 is 3.48. The van der Waals surface area contributed by atoms with Crippen molar-refractivity contribution in [2.24, 2.45) is 0 Å². The van der Waals surface area contributed by atoms with Gasteiger partial charge in [0, 0.05) is 7.05 Å². The van der Waals surface area contributed by atoms with Crippen LogP contribution in [0.5, 0.6) is 5.75 Å². The Balaban J connectivity index is 2.01. The maximum Gasteiger partial charge on any atom is 0.224 e. The third kappa shape index (κ3) is 4.10. The smallest absolute Gasteiger partial charge is 0.224 e. The third-order valence-electron chi connectivity index (χ3n) is 2.88. The molecule has 0 radical (unpaired) electrons. The summed E-state index contributed by atoms with van der Waals surface area (Å²) in [5.74, 6) is 0.768. The number of ether oxygens (including phenoxy) is 1. The quantitative estimate of drug-likeness (QED) is 0.911. The van der Waals surface area contributed by atoms with Crippen molar-refractivity contribution in [1.82, 2.24) is 5.32 Å². The van der Waals surface area contributed by atoms with Crippen LogP contribution in [0.15, 0.2) is 53.0 Å². The molecule has 20 heavy (non-hydrogen) atoms. The van der Waals surface area contributed by atoms with E-state index >= 15 is 0 Å². The molecule has 0 aromatic heterocycles. The number of carbonyl (C=O) groups excluding carboxylic acids is 1. The van der Waals surface area contributed by atoms with Gasteiger partial charge in [0.05, 0.1) is 10.9 Å². The van der Waals surface area contributed by atoms with Crippen molar-refractivity contribution in [2.45, 2.75) is 13.0 Å². The average molecular weight is 334 g/mol. The van der Waals surface area contributed by atoms with Gasteiger partial charge in [0.1, 0.15) is 12.4 Å². The van der Waals surface area contributed by atoms with Crippen molar-refractivity contribution in [2.75, 3.05) is 7.05 Å². The Kier molecular flexibility index (Phi) is 5.18. The van der Waals surface area contributed by atoms with Crippen molar-refractivity contribution < 1.29 is 9.53 Å². The van der Waals surface area contributed by atoms with Crippen molar-refractivity contribution in [1.29, 1.82) is 0 Å². The average Bonchev–Trinajstić information content (AvgIpc) is 2.47. The SMILES string of the molecule is CNC(=O)Cc1ccc(OCc2ccccc2)c(Br)c1. The van der Waals surface area contributed by atoms with Crippen molar-refractivity contribution in [3.8, 4) is 5.75 Å². The van der Waals surface area contributed by atoms with Crippen molar-refractivity contribution in [3.05, 3.63) is 64.1 Å². The molecule has 0 atom stereocenters. The van der Waals surface area contributed by atoms with Gasteiger partial charge in [-0.25, -0.2) is 0 Å². The van der Waals surface area contributed by atoms with Crippen LogP contribution in [0.2, 0.25) is 0 Å². The van der Waals surface area contributed by atoms with Crippen molar-refractivity contribution >= 4 is 21.8 Å². The Morgan fingerprint density at radius 3 is 2.55 bits per heavy atom. The van der Waals surface area contributed by atoms with Crippen LogP contribution in [-0.2, 0) is 17.8 Å². The molecule has 2 rings (SSSR count). The van der Waals surface area contributed by atoms with Gasteiger partial charge >= 0.3 is 0 Å². The first kappa shape index (κ1) is 14.6. The highest BCUT2D eigenvalue weighted by atomic mass is 79.9. The summed E-state index contributed by atoms with van der Waals surface area (Å²) in [4.78, 5) is 11.3. The van der Waals surface area contributed by atoms with Crippen LogP contribution in [0.4, 0.5) is 0 Å². The first-order chi connectivity index (χ1) is 9.69. The summed E-state index contributed by atoms with van der Waals surface area (Å²) in [5, 5.41) is 2.61. The molecule has 0 aliphatic carbocycles. The van der Waals surface area contributed by atoms with E-state index in [4.69, 9.17) is 4.74 Å². The molecule has 0 saturated carbocycles. The number of likely N-dealkylation sites (N-methyl/N-ethyl adjacent to an activating group) is 1. The fourth-order valence-corrected chi connectivity index (χ4v) is 2.32. The minimum atomic E-state index is -0.00476. The van der Waals surface area contributed by atoms with Gasteiger partial charge in [-0.1, -0.05) is 36.4 Å². The number of halogens is 1. The van der Waals surface area contributed by atoms with E-state index in [0.29, 0.717) is 13.0 Å². The zero-order valence-corrected chi connectivity index (χ0v) is 12.8. The second-order valence-corrected chi connectivity index (χ2v) is 5.24. The molecule has 4 heteroatoms. The second-order valence-electron chi connectivity index (χ2n) is 4.39. The van der Waals surface area contributed by atoms with Crippen LogP contribution >= 0.6 is 15.9 Å². The molecule has 0 unspecified atom stereocenters. The zero-order chi connectivity index (χ0) is 14.4. The van der Waals surface area contributed by atoms with Crippen LogP contribution in [0.25, 0.3) is 0 Å². The summed E-state index contributed by atoms with van der Waals surface area (Å²) in [6.45, 7) is 0.522. The molecule has 0 bridgehead atoms. The Bertz CT molecular complexity index is 584. The monoisotopic (exact) mass is 333 g/mol. The first-order valence-corrected chi connectivity index (χ1v) is 7.14. The molecule has 104 valence electrons. The van der Waals surface area contributed by atoms with Crippen LogP contribution in [-0.4, -0.2) is 13.0 Å². The van der Waals surface area contributed by atoms with Gasteiger partial charge in [-0.3, -0.25) is 4.79 Å². The van der Waals surface area contributed by atoms with E-state index < -0.39 is 0 Å². The lowest BCUT2D eigenvalue weighted by Gasteiger charge is -2.09. The second kappa shape index (κ2) is 7.10. The normalized spacial score (nSPS) is 10.1. The molecule has 1 N–H and O–H groups in total. The van der Waals surface area contributed by atoms with E-state index in [-0.39, 0.29) is 5.91 Å². The van der Waals surface area contributed by atoms with E-state index in [2.05, 4.69) is 21.2 Å². The fourth-order valence-electron chi connectivity index (χ4n) is 1.78. The molecule has 0 aliphatic rings. The molecule has 0 fully saturated rings. The minimum Gasteiger partial charge on any atom is -0.488 e. The Morgan fingerprint density at radius 1 is 1.15 bits per heavy atom. The van der Waals surface area contributed by atoms with Gasteiger partial charge in [0.15, 0.2) is 0 Å². The maximum absolute atomic E-state index is 11.3. The number of nitrogens with one attached hydrogen (secondary N) is 1. The fraction of sp³-hybridized carbons (Fsp3) is 0.188. The lowest BCUT2D eigenvalue weighted by molar-refractivity contribution is -0.119. The first-order valence-electron chi connectivity index (χ1n) is 6.35. The minimum absolute atomic E-state index is 0.00476. The van der Waals surface area contributed by atoms with Crippen molar-refractivity contribution in [3.63, 3.8) is 0 Å². The van der Waals surface area contributed by atoms with Crippen LogP contribution in [0.3, 0.4) is 0 Å². The lowest BCUT2D eigenvalue weighted by atomic mass is 10.1. The zero-order valence-electron chi connectivity index (χ0n) is 11.2. The van der Waals surface area contributed by atoms with Gasteiger partial charge in [-0.2, -0.15) is 0 Å². The summed E-state index contributed by atoms with van der Waals surface area (Å²) in [7, 11) is 1.63. The summed E-state index contributed by atoms with van der Waals surface area (Å²) in [5.41, 5.74) is 2.07. The van der Waals surface area contributed by atoms with Crippen LogP contribution in [0.1, 0.15) is 11.1 Å². The number of hydrogen-bond acceptors (Lipinski definition) is 2. The Hall–Kier alpha value is -1.81. The van der Waals surface area contributed by atoms with E-state index in [0.717, 1.165) is 21.3 Å². The number of hydrogen-bond donors (Lipinski definition) is 1. The van der Waals surface area contributed by atoms with E-state index in [1.165, 1.54) is 0 Å². The standard InChI is InChI=1S/C16H16BrNO2/c1-18-16(19)10-13-7-8-15(14(17)9-13)20-11-12-5-3-2-4-6-12/h2-9H,10-11H2,1H3,(H,18,19). The van der Waals surface area contributed by atoms with E-state index in [9.17, 15) is 4.79 Å². The number of amides is 1. The number of carbonyl (C=O) groups is 1. The molecule has 2 aromatic rings. The molecule has 0 saturated heterocycles. The summed E-state index contributed by atoms with van der Waals surface area (Å²) < 4.78 is 6.62. The summed E-state index contributed by atoms with van der Waals surface area (Å²) in [6, 6.07) is 15.7. The topological polar surface area (TPSA) is 38.3 Å². The predicted octanol–water partition coefficient (Wildman–Crippen LogP) is 3.32. The molecular formula is C16H16BrNO2. The van der Waals surface area contributed by atoms with Gasteiger partial charge in [0.2, 0.25) is 5.91 Å². The number of benzene rings is 2. The van der Waals surface area contributed by atoms with E-state index in [1.807, 2.05) is 48.5 Å². The molecule has 1 amide bonds. The molecule has 0 spiro atoms. The largest absolute Gasteiger partial charge is 0.488 e. The number of rotatable bonds is 5. The summed E-state index contributed by atoms with van der Waals surface area (Å²) in [6.07, 6.45) is 0.369. The molecule has 0 heterocycles. The maximum atomic E-state index is 11.3. The van der Waals surface area contributed by atoms with Gasteiger partial charge < -0.3 is 10.1 Å². The highest BCUT2D eigenvalue weighted by Crippen LogP contribution is 2.27. The highest BCUT2D eigenvalue weighted by Gasteiger charge is 2.06. The molecular weight excluding hydrogens is 318 g/mol. The Morgan fingerprint density at radius 2 is 1.90 bits per heavy atom. The highest BCUT2D eigenvalue weighted by molar-refractivity contribution is 9.10. The lowest BCUT2D eigenvalue weighted by Crippen LogP contribution is -2.19. The van der Waals surface area contributed by atoms with E-state index in [1.54, 1.807) is 7.05 Å². The van der Waals surface area contributed by atoms with Crippen LogP contribution < -0.4 is 10.1 Å². The van der Waals surface area contributed by atoms with Crippen LogP contribution in [0, 0.1) is 0 Å². The Labute approximate surface area is 127 Å². The van der Waals surface area contributed by atoms with Gasteiger partial charge in [0.25, 0.3) is 0 Å². The predicted molar refractivity (Wildman–Crippen MR) is 82.7 cm³/mol. The van der Waals surface area contributed by atoms with Gasteiger partial charge in [-0.05, 0) is 39.2 Å². The molecule has 0 aliphatic heterocycles. The third-order valence-corrected chi connectivity index (χ3v) is 3.50.